The molecule has 1 aromatic heterocycles. The summed E-state index contributed by atoms with van der Waals surface area (Å²) in [5.74, 6) is 4.54. The largest absolute Gasteiger partial charge is 0.494 e. The van der Waals surface area contributed by atoms with E-state index in [-0.39, 0.29) is 0 Å². The number of piperidine rings is 1. The molecule has 1 saturated heterocycles. The van der Waals surface area contributed by atoms with Crippen molar-refractivity contribution in [1.29, 1.82) is 0 Å². The molecule has 1 aliphatic heterocycles. The summed E-state index contributed by atoms with van der Waals surface area (Å²) in [7, 11) is 4.16. The van der Waals surface area contributed by atoms with E-state index in [0.717, 1.165) is 31.2 Å². The van der Waals surface area contributed by atoms with Gasteiger partial charge in [-0.25, -0.2) is 0 Å². The number of aryl methyl sites for hydroxylation is 1. The lowest BCUT2D eigenvalue weighted by Crippen LogP contribution is -2.27. The molecule has 0 atom stereocenters. The zero-order chi connectivity index (χ0) is 18.4. The van der Waals surface area contributed by atoms with Crippen molar-refractivity contribution in [2.24, 2.45) is 13.0 Å². The lowest BCUT2D eigenvalue weighted by molar-refractivity contribution is 0.274. The molecular weight excluding hydrogens is 322 g/mol. The van der Waals surface area contributed by atoms with Crippen molar-refractivity contribution in [1.82, 2.24) is 14.8 Å². The van der Waals surface area contributed by atoms with E-state index in [9.17, 15) is 0 Å². The van der Waals surface area contributed by atoms with Gasteiger partial charge in [-0.15, -0.1) is 6.42 Å². The Kier molecular flexibility index (Phi) is 6.60. The highest BCUT2D eigenvalue weighted by Crippen LogP contribution is 2.25. The Morgan fingerprint density at radius 3 is 2.88 bits per heavy atom. The fraction of sp³-hybridized carbons (Fsp3) is 0.545. The highest BCUT2D eigenvalue weighted by molar-refractivity contribution is 5.82. The predicted octanol–water partition coefficient (Wildman–Crippen LogP) is 3.40. The van der Waals surface area contributed by atoms with Crippen molar-refractivity contribution in [3.05, 3.63) is 30.0 Å². The number of ether oxygens (including phenoxy) is 1. The standard InChI is InChI=1S/C22H31N3O/c1-4-13-24(2)17-20-15-19-16-21(7-8-22(19)25(20)3)26-14-5-6-18-9-11-23-12-10-18/h1,7-8,15-16,18,23H,5-6,9-14,17H2,2-3H3. The van der Waals surface area contributed by atoms with Gasteiger partial charge in [0.1, 0.15) is 5.75 Å². The number of fused-ring (bicyclic) bond motifs is 1. The molecule has 1 fully saturated rings. The van der Waals surface area contributed by atoms with Crippen molar-refractivity contribution < 1.29 is 4.74 Å². The Morgan fingerprint density at radius 1 is 1.31 bits per heavy atom. The first-order chi connectivity index (χ1) is 12.7. The molecule has 2 aromatic rings. The number of nitrogens with zero attached hydrogens (tertiary/aromatic N) is 2. The van der Waals surface area contributed by atoms with Crippen LogP contribution in [0.1, 0.15) is 31.4 Å². The van der Waals surface area contributed by atoms with Crippen LogP contribution in [0, 0.1) is 18.3 Å². The smallest absolute Gasteiger partial charge is 0.120 e. The highest BCUT2D eigenvalue weighted by Gasteiger charge is 2.12. The van der Waals surface area contributed by atoms with Gasteiger partial charge < -0.3 is 14.6 Å². The number of terminal acetylenes is 1. The van der Waals surface area contributed by atoms with Crippen molar-refractivity contribution in [3.8, 4) is 18.1 Å². The van der Waals surface area contributed by atoms with Crippen LogP contribution in [0.3, 0.4) is 0 Å². The molecule has 0 saturated carbocycles. The quantitative estimate of drug-likeness (QED) is 0.583. The maximum absolute atomic E-state index is 6.01. The van der Waals surface area contributed by atoms with Gasteiger partial charge in [0, 0.05) is 30.2 Å². The average Bonchev–Trinajstić information content (AvgIpc) is 2.95. The van der Waals surface area contributed by atoms with Crippen molar-refractivity contribution in [2.45, 2.75) is 32.2 Å². The molecule has 4 heteroatoms. The van der Waals surface area contributed by atoms with Crippen LogP contribution >= 0.6 is 0 Å². The number of rotatable bonds is 8. The molecule has 0 aliphatic carbocycles. The molecule has 26 heavy (non-hydrogen) atoms. The number of nitrogens with one attached hydrogen (secondary N) is 1. The minimum absolute atomic E-state index is 0.660. The van der Waals surface area contributed by atoms with E-state index in [1.807, 2.05) is 0 Å². The molecule has 2 heterocycles. The first-order valence-corrected chi connectivity index (χ1v) is 9.71. The molecule has 0 unspecified atom stereocenters. The van der Waals surface area contributed by atoms with Crippen LogP contribution in [0.5, 0.6) is 5.75 Å². The monoisotopic (exact) mass is 353 g/mol. The third kappa shape index (κ3) is 4.81. The van der Waals surface area contributed by atoms with Gasteiger partial charge in [-0.2, -0.15) is 0 Å². The highest BCUT2D eigenvalue weighted by atomic mass is 16.5. The van der Waals surface area contributed by atoms with E-state index in [1.54, 1.807) is 0 Å². The fourth-order valence-electron chi connectivity index (χ4n) is 3.85. The summed E-state index contributed by atoms with van der Waals surface area (Å²) >= 11 is 0. The minimum atomic E-state index is 0.660. The van der Waals surface area contributed by atoms with E-state index in [1.165, 1.54) is 48.9 Å². The molecule has 0 bridgehead atoms. The Balaban J connectivity index is 1.55. The molecular formula is C22H31N3O. The first kappa shape index (κ1) is 18.8. The van der Waals surface area contributed by atoms with Crippen molar-refractivity contribution in [2.75, 3.05) is 33.3 Å². The van der Waals surface area contributed by atoms with Gasteiger partial charge in [0.2, 0.25) is 0 Å². The predicted molar refractivity (Wildman–Crippen MR) is 108 cm³/mol. The van der Waals surface area contributed by atoms with Crippen LogP contribution in [0.2, 0.25) is 0 Å². The SMILES string of the molecule is C#CCN(C)Cc1cc2cc(OCCCC3CCNCC3)ccc2n1C. The van der Waals surface area contributed by atoms with E-state index in [2.05, 4.69) is 59.1 Å². The second-order valence-electron chi connectivity index (χ2n) is 7.48. The molecule has 1 N–H and O–H groups in total. The summed E-state index contributed by atoms with van der Waals surface area (Å²) in [5, 5.41) is 4.66. The normalized spacial score (nSPS) is 15.5. The lowest BCUT2D eigenvalue weighted by atomic mass is 9.93. The van der Waals surface area contributed by atoms with Crippen LogP contribution in [0.25, 0.3) is 10.9 Å². The lowest BCUT2D eigenvalue weighted by Gasteiger charge is -2.22. The molecule has 1 aliphatic rings. The van der Waals surface area contributed by atoms with Crippen LogP contribution in [-0.2, 0) is 13.6 Å². The third-order valence-electron chi connectivity index (χ3n) is 5.39. The number of hydrogen-bond acceptors (Lipinski definition) is 3. The van der Waals surface area contributed by atoms with Crippen molar-refractivity contribution >= 4 is 10.9 Å². The van der Waals surface area contributed by atoms with Gasteiger partial charge in [-0.3, -0.25) is 4.90 Å². The van der Waals surface area contributed by atoms with Gasteiger partial charge in [0.05, 0.1) is 13.2 Å². The van der Waals surface area contributed by atoms with Gasteiger partial charge >= 0.3 is 0 Å². The topological polar surface area (TPSA) is 29.4 Å². The zero-order valence-corrected chi connectivity index (χ0v) is 16.1. The maximum atomic E-state index is 6.01. The van der Waals surface area contributed by atoms with Crippen LogP contribution in [0.4, 0.5) is 0 Å². The second-order valence-corrected chi connectivity index (χ2v) is 7.48. The second kappa shape index (κ2) is 9.12. The van der Waals surface area contributed by atoms with E-state index < -0.39 is 0 Å². The van der Waals surface area contributed by atoms with Gasteiger partial charge in [0.15, 0.2) is 0 Å². The molecule has 4 nitrogen and oxygen atoms in total. The average molecular weight is 354 g/mol. The first-order valence-electron chi connectivity index (χ1n) is 9.71. The zero-order valence-electron chi connectivity index (χ0n) is 16.1. The Bertz CT molecular complexity index is 753. The number of hydrogen-bond donors (Lipinski definition) is 1. The van der Waals surface area contributed by atoms with E-state index >= 15 is 0 Å². The summed E-state index contributed by atoms with van der Waals surface area (Å²) in [6.07, 6.45) is 10.4. The van der Waals surface area contributed by atoms with Gasteiger partial charge in [-0.1, -0.05) is 5.92 Å². The number of benzene rings is 1. The van der Waals surface area contributed by atoms with Gasteiger partial charge in [-0.05, 0) is 76.0 Å². The summed E-state index contributed by atoms with van der Waals surface area (Å²) in [4.78, 5) is 2.15. The summed E-state index contributed by atoms with van der Waals surface area (Å²) in [6, 6.07) is 8.64. The summed E-state index contributed by atoms with van der Waals surface area (Å²) in [5.41, 5.74) is 2.50. The Morgan fingerprint density at radius 2 is 2.12 bits per heavy atom. The summed E-state index contributed by atoms with van der Waals surface area (Å²) in [6.45, 7) is 4.67. The van der Waals surface area contributed by atoms with Crippen LogP contribution in [-0.4, -0.2) is 42.8 Å². The Labute approximate surface area is 157 Å². The third-order valence-corrected chi connectivity index (χ3v) is 5.39. The fourth-order valence-corrected chi connectivity index (χ4v) is 3.85. The molecule has 0 radical (unpaired) electrons. The molecule has 3 rings (SSSR count). The van der Waals surface area contributed by atoms with Crippen LogP contribution in [0.15, 0.2) is 24.3 Å². The molecule has 0 spiro atoms. The minimum Gasteiger partial charge on any atom is -0.494 e. The maximum Gasteiger partial charge on any atom is 0.120 e. The molecule has 140 valence electrons. The summed E-state index contributed by atoms with van der Waals surface area (Å²) < 4.78 is 8.25. The van der Waals surface area contributed by atoms with E-state index in [4.69, 9.17) is 11.2 Å². The molecule has 0 amide bonds. The number of aromatic nitrogens is 1. The van der Waals surface area contributed by atoms with Gasteiger partial charge in [0.25, 0.3) is 0 Å². The van der Waals surface area contributed by atoms with E-state index in [0.29, 0.717) is 6.54 Å². The molecule has 1 aromatic carbocycles. The van der Waals surface area contributed by atoms with Crippen molar-refractivity contribution in [3.63, 3.8) is 0 Å². The Hall–Kier alpha value is -1.96. The van der Waals surface area contributed by atoms with Crippen LogP contribution < -0.4 is 10.1 Å².